The molecule has 0 bridgehead atoms. The van der Waals surface area contributed by atoms with Gasteiger partial charge in [-0.05, 0) is 24.6 Å². The van der Waals surface area contributed by atoms with Gasteiger partial charge in [-0.1, -0.05) is 12.1 Å². The van der Waals surface area contributed by atoms with E-state index in [-0.39, 0.29) is 18.5 Å². The van der Waals surface area contributed by atoms with E-state index in [0.717, 1.165) is 17.0 Å². The molecule has 1 saturated heterocycles. The molecule has 0 spiro atoms. The number of carbonyl (C=O) groups excluding carboxylic acids is 1. The van der Waals surface area contributed by atoms with Gasteiger partial charge in [0.15, 0.2) is 0 Å². The van der Waals surface area contributed by atoms with Gasteiger partial charge in [0.25, 0.3) is 0 Å². The van der Waals surface area contributed by atoms with Gasteiger partial charge in [-0.2, -0.15) is 11.8 Å². The molecule has 1 aromatic rings. The topological polar surface area (TPSA) is 69.6 Å². The number of aryl methyl sites for hydroxylation is 1. The van der Waals surface area contributed by atoms with E-state index in [2.05, 4.69) is 5.32 Å². The van der Waals surface area contributed by atoms with Crippen LogP contribution in [0.4, 0.5) is 10.5 Å². The summed E-state index contributed by atoms with van der Waals surface area (Å²) in [4.78, 5) is 24.8. The maximum Gasteiger partial charge on any atom is 0.322 e. The molecule has 0 aromatic heterocycles. The number of hydrogen-bond donors (Lipinski definition) is 2. The molecule has 1 unspecified atom stereocenters. The second-order valence-electron chi connectivity index (χ2n) is 4.82. The molecule has 1 aromatic carbocycles. The highest BCUT2D eigenvalue weighted by molar-refractivity contribution is 7.99. The Labute approximate surface area is 122 Å². The van der Waals surface area contributed by atoms with Crippen molar-refractivity contribution in [2.24, 2.45) is 0 Å². The van der Waals surface area contributed by atoms with Crippen molar-refractivity contribution in [1.82, 2.24) is 4.90 Å². The van der Waals surface area contributed by atoms with Crippen LogP contribution in [0.1, 0.15) is 12.0 Å². The summed E-state index contributed by atoms with van der Waals surface area (Å²) < 4.78 is 0. The number of aliphatic carboxylic acids is 1. The van der Waals surface area contributed by atoms with E-state index in [4.69, 9.17) is 5.11 Å². The molecular formula is C14H18N2O3S. The fourth-order valence-electron chi connectivity index (χ4n) is 2.21. The number of carbonyl (C=O) groups is 2. The van der Waals surface area contributed by atoms with Gasteiger partial charge in [-0.3, -0.25) is 4.79 Å². The van der Waals surface area contributed by atoms with E-state index in [1.54, 1.807) is 16.7 Å². The molecular weight excluding hydrogens is 276 g/mol. The summed E-state index contributed by atoms with van der Waals surface area (Å²) in [6.07, 6.45) is -0.00572. The third kappa shape index (κ3) is 3.90. The molecule has 1 aliphatic heterocycles. The van der Waals surface area contributed by atoms with Crippen molar-refractivity contribution >= 4 is 29.4 Å². The van der Waals surface area contributed by atoms with Crippen molar-refractivity contribution in [3.05, 3.63) is 29.8 Å². The van der Waals surface area contributed by atoms with Crippen LogP contribution in [0.15, 0.2) is 24.3 Å². The number of rotatable bonds is 3. The Morgan fingerprint density at radius 2 is 2.30 bits per heavy atom. The van der Waals surface area contributed by atoms with Crippen molar-refractivity contribution < 1.29 is 14.7 Å². The first-order chi connectivity index (χ1) is 9.56. The zero-order valence-corrected chi connectivity index (χ0v) is 12.2. The van der Waals surface area contributed by atoms with E-state index >= 15 is 0 Å². The highest BCUT2D eigenvalue weighted by Crippen LogP contribution is 2.20. The smallest absolute Gasteiger partial charge is 0.322 e. The first kappa shape index (κ1) is 14.7. The fraction of sp³-hybridized carbons (Fsp3) is 0.429. The lowest BCUT2D eigenvalue weighted by atomic mass is 10.2. The maximum atomic E-state index is 12.3. The second-order valence-corrected chi connectivity index (χ2v) is 5.97. The minimum absolute atomic E-state index is 0.00572. The van der Waals surface area contributed by atoms with Crippen LogP contribution in [0.3, 0.4) is 0 Å². The number of anilines is 1. The largest absolute Gasteiger partial charge is 0.481 e. The van der Waals surface area contributed by atoms with Crippen molar-refractivity contribution in [3.8, 4) is 0 Å². The molecule has 1 aliphatic rings. The van der Waals surface area contributed by atoms with Crippen LogP contribution < -0.4 is 5.32 Å². The molecule has 5 nitrogen and oxygen atoms in total. The molecule has 1 fully saturated rings. The lowest BCUT2D eigenvalue weighted by Crippen LogP contribution is -2.48. The first-order valence-electron chi connectivity index (χ1n) is 6.50. The molecule has 108 valence electrons. The zero-order chi connectivity index (χ0) is 14.5. The average Bonchev–Trinajstić information content (AvgIpc) is 2.38. The number of nitrogens with zero attached hydrogens (tertiary/aromatic N) is 1. The van der Waals surface area contributed by atoms with Crippen molar-refractivity contribution in [1.29, 1.82) is 0 Å². The Hall–Kier alpha value is -1.69. The molecule has 2 amide bonds. The molecule has 1 atom stereocenters. The van der Waals surface area contributed by atoms with Crippen LogP contribution in [-0.4, -0.2) is 46.1 Å². The van der Waals surface area contributed by atoms with Crippen molar-refractivity contribution in [2.45, 2.75) is 19.4 Å². The molecule has 0 saturated carbocycles. The highest BCUT2D eigenvalue weighted by Gasteiger charge is 2.28. The Balaban J connectivity index is 2.04. The van der Waals surface area contributed by atoms with Crippen LogP contribution in [0.25, 0.3) is 0 Å². The third-order valence-corrected chi connectivity index (χ3v) is 4.26. The lowest BCUT2D eigenvalue weighted by molar-refractivity contribution is -0.137. The van der Waals surface area contributed by atoms with Crippen LogP contribution >= 0.6 is 11.8 Å². The van der Waals surface area contributed by atoms with E-state index in [1.165, 1.54) is 0 Å². The van der Waals surface area contributed by atoms with Gasteiger partial charge in [0.05, 0.1) is 12.5 Å². The number of carboxylic acid groups (broad SMARTS) is 1. The predicted molar refractivity (Wildman–Crippen MR) is 80.3 cm³/mol. The van der Waals surface area contributed by atoms with Gasteiger partial charge in [0.1, 0.15) is 0 Å². The van der Waals surface area contributed by atoms with Gasteiger partial charge >= 0.3 is 12.0 Å². The summed E-state index contributed by atoms with van der Waals surface area (Å²) in [5.41, 5.74) is 1.81. The average molecular weight is 294 g/mol. The summed E-state index contributed by atoms with van der Waals surface area (Å²) in [6, 6.07) is 7.10. The van der Waals surface area contributed by atoms with E-state index in [0.29, 0.717) is 12.3 Å². The molecule has 6 heteroatoms. The van der Waals surface area contributed by atoms with E-state index in [9.17, 15) is 9.59 Å². The van der Waals surface area contributed by atoms with Gasteiger partial charge in [-0.25, -0.2) is 4.79 Å². The fourth-order valence-corrected chi connectivity index (χ4v) is 3.27. The SMILES string of the molecule is Cc1cccc(NC(=O)N2CCSCC2CC(=O)O)c1. The minimum Gasteiger partial charge on any atom is -0.481 e. The Bertz CT molecular complexity index is 507. The van der Waals surface area contributed by atoms with Gasteiger partial charge < -0.3 is 15.3 Å². The number of carboxylic acids is 1. The first-order valence-corrected chi connectivity index (χ1v) is 7.65. The number of amides is 2. The van der Waals surface area contributed by atoms with Crippen LogP contribution in [-0.2, 0) is 4.79 Å². The van der Waals surface area contributed by atoms with Gasteiger partial charge in [0, 0.05) is 23.7 Å². The number of urea groups is 1. The Kier molecular flexibility index (Phi) is 4.89. The normalized spacial score (nSPS) is 18.6. The van der Waals surface area contributed by atoms with E-state index < -0.39 is 5.97 Å². The summed E-state index contributed by atoms with van der Waals surface area (Å²) in [7, 11) is 0. The molecule has 0 radical (unpaired) electrons. The molecule has 20 heavy (non-hydrogen) atoms. The monoisotopic (exact) mass is 294 g/mol. The number of thioether (sulfide) groups is 1. The second kappa shape index (κ2) is 6.65. The van der Waals surface area contributed by atoms with Crippen LogP contribution in [0.5, 0.6) is 0 Å². The number of hydrogen-bond acceptors (Lipinski definition) is 3. The van der Waals surface area contributed by atoms with Crippen molar-refractivity contribution in [2.75, 3.05) is 23.4 Å². The predicted octanol–water partition coefficient (Wildman–Crippen LogP) is 2.42. The quantitative estimate of drug-likeness (QED) is 0.898. The Morgan fingerprint density at radius 3 is 3.00 bits per heavy atom. The maximum absolute atomic E-state index is 12.3. The molecule has 1 heterocycles. The number of benzene rings is 1. The summed E-state index contributed by atoms with van der Waals surface area (Å²) in [5.74, 6) is 0.649. The summed E-state index contributed by atoms with van der Waals surface area (Å²) in [5, 5.41) is 11.8. The van der Waals surface area contributed by atoms with Crippen LogP contribution in [0.2, 0.25) is 0 Å². The summed E-state index contributed by atoms with van der Waals surface area (Å²) in [6.45, 7) is 2.54. The summed E-state index contributed by atoms with van der Waals surface area (Å²) >= 11 is 1.69. The lowest BCUT2D eigenvalue weighted by Gasteiger charge is -2.34. The van der Waals surface area contributed by atoms with Gasteiger partial charge in [0.2, 0.25) is 0 Å². The highest BCUT2D eigenvalue weighted by atomic mass is 32.2. The molecule has 2 N–H and O–H groups in total. The minimum atomic E-state index is -0.870. The van der Waals surface area contributed by atoms with Crippen LogP contribution in [0, 0.1) is 6.92 Å². The zero-order valence-electron chi connectivity index (χ0n) is 11.3. The molecule has 0 aliphatic carbocycles. The van der Waals surface area contributed by atoms with E-state index in [1.807, 2.05) is 31.2 Å². The standard InChI is InChI=1S/C14H18N2O3S/c1-10-3-2-4-11(7-10)15-14(19)16-5-6-20-9-12(16)8-13(17)18/h2-4,7,12H,5-6,8-9H2,1H3,(H,15,19)(H,17,18). The Morgan fingerprint density at radius 1 is 1.50 bits per heavy atom. The van der Waals surface area contributed by atoms with Gasteiger partial charge in [-0.15, -0.1) is 0 Å². The number of nitrogens with one attached hydrogen (secondary N) is 1. The molecule has 2 rings (SSSR count). The van der Waals surface area contributed by atoms with Crippen molar-refractivity contribution in [3.63, 3.8) is 0 Å². The third-order valence-electron chi connectivity index (χ3n) is 3.17.